The highest BCUT2D eigenvalue weighted by Crippen LogP contribution is 2.36. The molecule has 0 atom stereocenters. The van der Waals surface area contributed by atoms with E-state index < -0.39 is 30.4 Å². The number of amides is 5. The SMILES string of the molecule is Cc1ccc(NC(=O)COc2c(Cl)cc(/C=C3/C(=O)NC(=O)N(c4cccc(Cl)c4C)C3=O)cc2Cl)cc1Cl. The van der Waals surface area contributed by atoms with Crippen molar-refractivity contribution in [2.45, 2.75) is 13.8 Å². The first kappa shape index (κ1) is 28.4. The van der Waals surface area contributed by atoms with Gasteiger partial charge in [-0.25, -0.2) is 9.69 Å². The van der Waals surface area contributed by atoms with Crippen molar-refractivity contribution in [2.24, 2.45) is 0 Å². The number of carbonyl (C=O) groups is 4. The third kappa shape index (κ3) is 6.20. The summed E-state index contributed by atoms with van der Waals surface area (Å²) < 4.78 is 5.51. The highest BCUT2D eigenvalue weighted by Gasteiger charge is 2.37. The average molecular weight is 607 g/mol. The Hall–Kier alpha value is -3.56. The van der Waals surface area contributed by atoms with Crippen molar-refractivity contribution in [3.63, 3.8) is 0 Å². The van der Waals surface area contributed by atoms with Crippen LogP contribution in [-0.4, -0.2) is 30.4 Å². The number of carbonyl (C=O) groups excluding carboxylic acids is 4. The molecular weight excluding hydrogens is 588 g/mol. The third-order valence-corrected chi connectivity index (χ3v) is 7.09. The topological polar surface area (TPSA) is 105 Å². The Morgan fingerprint density at radius 2 is 1.64 bits per heavy atom. The van der Waals surface area contributed by atoms with Gasteiger partial charge in [0.2, 0.25) is 0 Å². The number of aryl methyl sites for hydroxylation is 1. The summed E-state index contributed by atoms with van der Waals surface area (Å²) in [4.78, 5) is 51.4. The van der Waals surface area contributed by atoms with Crippen molar-refractivity contribution >= 4 is 87.6 Å². The number of urea groups is 1. The molecule has 0 aliphatic carbocycles. The van der Waals surface area contributed by atoms with Crippen LogP contribution in [0.2, 0.25) is 20.1 Å². The van der Waals surface area contributed by atoms with E-state index in [0.29, 0.717) is 21.3 Å². The fourth-order valence-electron chi connectivity index (χ4n) is 3.69. The molecule has 5 amide bonds. The van der Waals surface area contributed by atoms with Crippen LogP contribution in [0, 0.1) is 13.8 Å². The lowest BCUT2D eigenvalue weighted by molar-refractivity contribution is -0.122. The summed E-state index contributed by atoms with van der Waals surface area (Å²) in [6.07, 6.45) is 1.24. The molecule has 12 heteroatoms. The number of imide groups is 2. The molecule has 3 aromatic rings. The van der Waals surface area contributed by atoms with Crippen LogP contribution in [0.1, 0.15) is 16.7 Å². The number of halogens is 4. The number of hydrogen-bond acceptors (Lipinski definition) is 5. The van der Waals surface area contributed by atoms with E-state index in [0.717, 1.165) is 10.5 Å². The molecule has 2 N–H and O–H groups in total. The molecule has 1 aliphatic heterocycles. The first-order valence-corrected chi connectivity index (χ1v) is 12.8. The number of nitrogens with one attached hydrogen (secondary N) is 2. The number of anilines is 2. The number of hydrogen-bond donors (Lipinski definition) is 2. The van der Waals surface area contributed by atoms with E-state index in [2.05, 4.69) is 10.6 Å². The molecule has 0 saturated carbocycles. The average Bonchev–Trinajstić information content (AvgIpc) is 2.86. The molecule has 1 fully saturated rings. The Labute approximate surface area is 243 Å². The van der Waals surface area contributed by atoms with E-state index in [4.69, 9.17) is 51.1 Å². The third-order valence-electron chi connectivity index (χ3n) is 5.72. The van der Waals surface area contributed by atoms with Gasteiger partial charge in [-0.2, -0.15) is 0 Å². The zero-order chi connectivity index (χ0) is 28.4. The fourth-order valence-corrected chi connectivity index (χ4v) is 4.65. The number of rotatable bonds is 6. The van der Waals surface area contributed by atoms with E-state index in [9.17, 15) is 19.2 Å². The summed E-state index contributed by atoms with van der Waals surface area (Å²) in [6.45, 7) is 3.09. The Morgan fingerprint density at radius 1 is 0.949 bits per heavy atom. The number of ether oxygens (including phenoxy) is 1. The molecule has 0 spiro atoms. The summed E-state index contributed by atoms with van der Waals surface area (Å²) in [5.41, 5.74) is 2.03. The summed E-state index contributed by atoms with van der Waals surface area (Å²) in [5.74, 6) is -2.18. The summed E-state index contributed by atoms with van der Waals surface area (Å²) >= 11 is 24.9. The van der Waals surface area contributed by atoms with Crippen LogP contribution in [0.3, 0.4) is 0 Å². The van der Waals surface area contributed by atoms with Crippen molar-refractivity contribution in [1.82, 2.24) is 5.32 Å². The van der Waals surface area contributed by atoms with Gasteiger partial charge in [-0.3, -0.25) is 19.7 Å². The van der Waals surface area contributed by atoms with Crippen LogP contribution in [0.25, 0.3) is 6.08 Å². The number of nitrogens with zero attached hydrogens (tertiary/aromatic N) is 1. The van der Waals surface area contributed by atoms with Crippen molar-refractivity contribution in [1.29, 1.82) is 0 Å². The van der Waals surface area contributed by atoms with E-state index in [1.165, 1.54) is 24.3 Å². The molecule has 39 heavy (non-hydrogen) atoms. The fraction of sp³-hybridized carbons (Fsp3) is 0.111. The van der Waals surface area contributed by atoms with Crippen LogP contribution in [-0.2, 0) is 14.4 Å². The molecule has 8 nitrogen and oxygen atoms in total. The van der Waals surface area contributed by atoms with Crippen LogP contribution in [0.4, 0.5) is 16.2 Å². The number of barbiturate groups is 1. The molecule has 1 saturated heterocycles. The second-order valence-corrected chi connectivity index (χ2v) is 10.1. The summed E-state index contributed by atoms with van der Waals surface area (Å²) in [6, 6.07) is 11.7. The van der Waals surface area contributed by atoms with Crippen LogP contribution in [0.15, 0.2) is 54.1 Å². The van der Waals surface area contributed by atoms with Crippen LogP contribution >= 0.6 is 46.4 Å². The van der Waals surface area contributed by atoms with Gasteiger partial charge in [-0.05, 0) is 73.0 Å². The monoisotopic (exact) mass is 605 g/mol. The lowest BCUT2D eigenvalue weighted by atomic mass is 10.1. The number of benzene rings is 3. The minimum absolute atomic E-state index is 0.0304. The second-order valence-electron chi connectivity index (χ2n) is 8.46. The van der Waals surface area contributed by atoms with E-state index in [1.807, 2.05) is 6.92 Å². The summed E-state index contributed by atoms with van der Waals surface area (Å²) in [5, 5.41) is 5.72. The minimum Gasteiger partial charge on any atom is -0.481 e. The molecule has 0 aromatic heterocycles. The molecule has 1 aliphatic rings. The Bertz CT molecular complexity index is 1550. The molecule has 200 valence electrons. The summed E-state index contributed by atoms with van der Waals surface area (Å²) in [7, 11) is 0. The van der Waals surface area contributed by atoms with Gasteiger partial charge in [0, 0.05) is 15.7 Å². The standard InChI is InChI=1S/C27H19Cl4N3O5/c1-13-6-7-16(11-19(13)29)32-23(35)12-39-24-20(30)9-15(10-21(24)31)8-17-25(36)33-27(38)34(26(17)37)22-5-3-4-18(28)14(22)2/h3-11H,12H2,1-2H3,(H,32,35)(H,33,36,38)/b17-8-. The zero-order valence-electron chi connectivity index (χ0n) is 20.4. The van der Waals surface area contributed by atoms with Crippen molar-refractivity contribution in [3.05, 3.63) is 90.9 Å². The Balaban J connectivity index is 1.53. The normalized spacial score (nSPS) is 14.5. The van der Waals surface area contributed by atoms with Crippen molar-refractivity contribution in [2.75, 3.05) is 16.8 Å². The molecule has 0 unspecified atom stereocenters. The maximum absolute atomic E-state index is 13.2. The molecule has 1 heterocycles. The van der Waals surface area contributed by atoms with E-state index >= 15 is 0 Å². The van der Waals surface area contributed by atoms with Gasteiger partial charge in [-0.15, -0.1) is 0 Å². The maximum atomic E-state index is 13.2. The Kier molecular flexibility index (Phi) is 8.51. The van der Waals surface area contributed by atoms with Gasteiger partial charge < -0.3 is 10.1 Å². The zero-order valence-corrected chi connectivity index (χ0v) is 23.4. The lowest BCUT2D eigenvalue weighted by Gasteiger charge is -2.27. The van der Waals surface area contributed by atoms with Gasteiger partial charge in [-0.1, -0.05) is 58.5 Å². The van der Waals surface area contributed by atoms with Crippen LogP contribution < -0.4 is 20.3 Å². The van der Waals surface area contributed by atoms with Gasteiger partial charge >= 0.3 is 6.03 Å². The predicted octanol–water partition coefficient (Wildman–Crippen LogP) is 6.60. The van der Waals surface area contributed by atoms with E-state index in [-0.39, 0.29) is 32.6 Å². The second kappa shape index (κ2) is 11.7. The highest BCUT2D eigenvalue weighted by molar-refractivity contribution is 6.40. The smallest absolute Gasteiger partial charge is 0.335 e. The minimum atomic E-state index is -0.904. The lowest BCUT2D eigenvalue weighted by Crippen LogP contribution is -2.54. The van der Waals surface area contributed by atoms with Crippen molar-refractivity contribution < 1.29 is 23.9 Å². The molecule has 0 bridgehead atoms. The first-order chi connectivity index (χ1) is 18.5. The molecule has 0 radical (unpaired) electrons. The van der Waals surface area contributed by atoms with E-state index in [1.54, 1.807) is 37.3 Å². The van der Waals surface area contributed by atoms with Gasteiger partial charge in [0.1, 0.15) is 5.57 Å². The molecule has 3 aromatic carbocycles. The molecule has 4 rings (SSSR count). The Morgan fingerprint density at radius 3 is 2.31 bits per heavy atom. The molecular formula is C27H19Cl4N3O5. The van der Waals surface area contributed by atoms with Gasteiger partial charge in [0.15, 0.2) is 12.4 Å². The van der Waals surface area contributed by atoms with Gasteiger partial charge in [0.05, 0.1) is 15.7 Å². The van der Waals surface area contributed by atoms with Gasteiger partial charge in [0.25, 0.3) is 17.7 Å². The largest absolute Gasteiger partial charge is 0.481 e. The van der Waals surface area contributed by atoms with Crippen molar-refractivity contribution in [3.8, 4) is 5.75 Å². The highest BCUT2D eigenvalue weighted by atomic mass is 35.5. The maximum Gasteiger partial charge on any atom is 0.335 e. The predicted molar refractivity (Wildman–Crippen MR) is 152 cm³/mol. The van der Waals surface area contributed by atoms with Crippen LogP contribution in [0.5, 0.6) is 5.75 Å². The quantitative estimate of drug-likeness (QED) is 0.243. The first-order valence-electron chi connectivity index (χ1n) is 11.3.